The van der Waals surface area contributed by atoms with Gasteiger partial charge >= 0.3 is 0 Å². The number of fused-ring (bicyclic) bond motifs is 1. The van der Waals surface area contributed by atoms with E-state index in [1.54, 1.807) is 6.26 Å². The maximum atomic E-state index is 5.26. The molecule has 14 heavy (non-hydrogen) atoms. The van der Waals surface area contributed by atoms with E-state index in [0.29, 0.717) is 0 Å². The first-order valence-corrected chi connectivity index (χ1v) is 4.56. The summed E-state index contributed by atoms with van der Waals surface area (Å²) in [5.41, 5.74) is 3.15. The lowest BCUT2D eigenvalue weighted by molar-refractivity contribution is 0.616. The van der Waals surface area contributed by atoms with Crippen molar-refractivity contribution in [3.8, 4) is 0 Å². The molecule has 0 amide bonds. The van der Waals surface area contributed by atoms with Gasteiger partial charge < -0.3 is 4.42 Å². The number of allylic oxidation sites excluding steroid dienone is 2. The minimum Gasteiger partial charge on any atom is -0.464 e. The van der Waals surface area contributed by atoms with Crippen LogP contribution >= 0.6 is 0 Å². The largest absolute Gasteiger partial charge is 0.464 e. The Morgan fingerprint density at radius 2 is 2.21 bits per heavy atom. The summed E-state index contributed by atoms with van der Waals surface area (Å²) in [4.78, 5) is 0. The summed E-state index contributed by atoms with van der Waals surface area (Å²) in [5.74, 6) is 0. The van der Waals surface area contributed by atoms with Gasteiger partial charge in [0, 0.05) is 5.39 Å². The first-order valence-electron chi connectivity index (χ1n) is 4.56. The lowest BCUT2D eigenvalue weighted by Crippen LogP contribution is -1.71. The zero-order chi connectivity index (χ0) is 9.97. The van der Waals surface area contributed by atoms with E-state index in [4.69, 9.17) is 4.42 Å². The molecule has 0 aliphatic rings. The van der Waals surface area contributed by atoms with Gasteiger partial charge in [-0.3, -0.25) is 0 Å². The highest BCUT2D eigenvalue weighted by Gasteiger charge is 1.95. The van der Waals surface area contributed by atoms with Crippen LogP contribution < -0.4 is 0 Å². The molecule has 0 saturated heterocycles. The van der Waals surface area contributed by atoms with E-state index < -0.39 is 0 Å². The average Bonchev–Trinajstić information content (AvgIpc) is 2.61. The normalized spacial score (nSPS) is 11.2. The molecular weight excluding hydrogens is 172 g/mol. The molecule has 1 aromatic heterocycles. The fourth-order valence-corrected chi connectivity index (χ4v) is 1.33. The summed E-state index contributed by atoms with van der Waals surface area (Å²) >= 11 is 0. The van der Waals surface area contributed by atoms with Gasteiger partial charge in [0.05, 0.1) is 6.26 Å². The summed E-state index contributed by atoms with van der Waals surface area (Å²) < 4.78 is 5.26. The van der Waals surface area contributed by atoms with Gasteiger partial charge in [-0.05, 0) is 30.7 Å². The van der Waals surface area contributed by atoms with Gasteiger partial charge in [0.25, 0.3) is 0 Å². The standard InChI is InChI=1S/C13H12O/c1-10(2)3-4-11-5-6-13-12(9-11)7-8-14-13/h3-9H,1H2,2H3/b4-3+. The Hall–Kier alpha value is -1.76. The summed E-state index contributed by atoms with van der Waals surface area (Å²) in [7, 11) is 0. The molecule has 0 unspecified atom stereocenters. The minimum absolute atomic E-state index is 0.928. The third kappa shape index (κ3) is 1.77. The first kappa shape index (κ1) is 8.82. The molecule has 0 aliphatic carbocycles. The molecule has 0 saturated carbocycles. The second-order valence-corrected chi connectivity index (χ2v) is 3.40. The quantitative estimate of drug-likeness (QED) is 0.642. The monoisotopic (exact) mass is 184 g/mol. The van der Waals surface area contributed by atoms with Crippen LogP contribution in [0.3, 0.4) is 0 Å². The van der Waals surface area contributed by atoms with Crippen molar-refractivity contribution in [2.24, 2.45) is 0 Å². The molecule has 2 aromatic rings. The van der Waals surface area contributed by atoms with Crippen molar-refractivity contribution >= 4 is 17.0 Å². The lowest BCUT2D eigenvalue weighted by atomic mass is 10.1. The van der Waals surface area contributed by atoms with Crippen molar-refractivity contribution in [1.29, 1.82) is 0 Å². The Morgan fingerprint density at radius 1 is 1.36 bits per heavy atom. The molecule has 2 rings (SSSR count). The van der Waals surface area contributed by atoms with Gasteiger partial charge in [-0.2, -0.15) is 0 Å². The van der Waals surface area contributed by atoms with Gasteiger partial charge in [-0.1, -0.05) is 30.4 Å². The summed E-state index contributed by atoms with van der Waals surface area (Å²) in [6.07, 6.45) is 5.76. The number of furan rings is 1. The Balaban J connectivity index is 2.39. The Kier molecular flexibility index (Phi) is 2.23. The van der Waals surface area contributed by atoms with Crippen LogP contribution in [0.15, 0.2) is 53.2 Å². The molecule has 0 radical (unpaired) electrons. The van der Waals surface area contributed by atoms with Gasteiger partial charge in [-0.15, -0.1) is 0 Å². The highest BCUT2D eigenvalue weighted by Crippen LogP contribution is 2.17. The van der Waals surface area contributed by atoms with Crippen molar-refractivity contribution in [2.45, 2.75) is 6.92 Å². The molecule has 0 aliphatic heterocycles. The predicted molar refractivity (Wildman–Crippen MR) is 60.1 cm³/mol. The second kappa shape index (κ2) is 3.54. The Labute approximate surface area is 83.4 Å². The van der Waals surface area contributed by atoms with Crippen LogP contribution in [0.1, 0.15) is 12.5 Å². The van der Waals surface area contributed by atoms with Crippen molar-refractivity contribution in [3.05, 3.63) is 54.3 Å². The summed E-state index contributed by atoms with van der Waals surface area (Å²) in [6, 6.07) is 8.07. The SMILES string of the molecule is C=C(C)/C=C/c1ccc2occc2c1. The van der Waals surface area contributed by atoms with Crippen LogP contribution in [0.2, 0.25) is 0 Å². The van der Waals surface area contributed by atoms with Crippen molar-refractivity contribution < 1.29 is 4.42 Å². The molecule has 1 nitrogen and oxygen atoms in total. The number of benzene rings is 1. The summed E-state index contributed by atoms with van der Waals surface area (Å²) in [5, 5.41) is 1.13. The first-order chi connectivity index (χ1) is 6.75. The van der Waals surface area contributed by atoms with Crippen LogP contribution in [0.4, 0.5) is 0 Å². The molecule has 0 bridgehead atoms. The third-order valence-electron chi connectivity index (χ3n) is 2.04. The molecule has 1 aromatic carbocycles. The van der Waals surface area contributed by atoms with E-state index in [1.165, 1.54) is 5.56 Å². The number of hydrogen-bond donors (Lipinski definition) is 0. The van der Waals surface area contributed by atoms with Crippen molar-refractivity contribution in [1.82, 2.24) is 0 Å². The minimum atomic E-state index is 0.928. The van der Waals surface area contributed by atoms with Crippen molar-refractivity contribution in [3.63, 3.8) is 0 Å². The molecular formula is C13H12O. The molecule has 0 atom stereocenters. The van der Waals surface area contributed by atoms with E-state index in [1.807, 2.05) is 31.2 Å². The Morgan fingerprint density at radius 3 is 3.00 bits per heavy atom. The van der Waals surface area contributed by atoms with E-state index in [-0.39, 0.29) is 0 Å². The zero-order valence-electron chi connectivity index (χ0n) is 8.16. The van der Waals surface area contributed by atoms with E-state index in [2.05, 4.69) is 18.7 Å². The molecule has 0 N–H and O–H groups in total. The second-order valence-electron chi connectivity index (χ2n) is 3.40. The fraction of sp³-hybridized carbons (Fsp3) is 0.0769. The number of rotatable bonds is 2. The molecule has 0 spiro atoms. The smallest absolute Gasteiger partial charge is 0.133 e. The molecule has 0 fully saturated rings. The molecule has 1 heteroatoms. The maximum absolute atomic E-state index is 5.26. The van der Waals surface area contributed by atoms with Gasteiger partial charge in [0.1, 0.15) is 5.58 Å². The van der Waals surface area contributed by atoms with Crippen LogP contribution in [-0.2, 0) is 0 Å². The highest BCUT2D eigenvalue weighted by molar-refractivity contribution is 5.80. The summed E-state index contributed by atoms with van der Waals surface area (Å²) in [6.45, 7) is 5.80. The third-order valence-corrected chi connectivity index (χ3v) is 2.04. The van der Waals surface area contributed by atoms with Crippen LogP contribution in [-0.4, -0.2) is 0 Å². The van der Waals surface area contributed by atoms with E-state index in [9.17, 15) is 0 Å². The molecule has 1 heterocycles. The van der Waals surface area contributed by atoms with Crippen LogP contribution in [0.25, 0.3) is 17.0 Å². The predicted octanol–water partition coefficient (Wildman–Crippen LogP) is 4.02. The van der Waals surface area contributed by atoms with Gasteiger partial charge in [0.15, 0.2) is 0 Å². The van der Waals surface area contributed by atoms with E-state index >= 15 is 0 Å². The maximum Gasteiger partial charge on any atom is 0.133 e. The number of hydrogen-bond acceptors (Lipinski definition) is 1. The topological polar surface area (TPSA) is 13.1 Å². The lowest BCUT2D eigenvalue weighted by Gasteiger charge is -1.93. The highest BCUT2D eigenvalue weighted by atomic mass is 16.3. The Bertz CT molecular complexity index is 489. The van der Waals surface area contributed by atoms with Crippen molar-refractivity contribution in [2.75, 3.05) is 0 Å². The van der Waals surface area contributed by atoms with Gasteiger partial charge in [0.2, 0.25) is 0 Å². The fourth-order valence-electron chi connectivity index (χ4n) is 1.33. The van der Waals surface area contributed by atoms with E-state index in [0.717, 1.165) is 16.5 Å². The molecule has 70 valence electrons. The van der Waals surface area contributed by atoms with Crippen LogP contribution in [0, 0.1) is 0 Å². The van der Waals surface area contributed by atoms with Crippen LogP contribution in [0.5, 0.6) is 0 Å². The van der Waals surface area contributed by atoms with Gasteiger partial charge in [-0.25, -0.2) is 0 Å². The zero-order valence-corrected chi connectivity index (χ0v) is 8.16. The average molecular weight is 184 g/mol.